The molecule has 2 aromatic heterocycles. The van der Waals surface area contributed by atoms with Crippen molar-refractivity contribution in [3.8, 4) is 11.3 Å². The predicted molar refractivity (Wildman–Crippen MR) is 127 cm³/mol. The summed E-state index contributed by atoms with van der Waals surface area (Å²) >= 11 is 6.08. The molecule has 3 heterocycles. The van der Waals surface area contributed by atoms with Gasteiger partial charge in [-0.05, 0) is 31.5 Å². The van der Waals surface area contributed by atoms with Crippen LogP contribution < -0.4 is 4.90 Å². The first-order valence-electron chi connectivity index (χ1n) is 10.7. The van der Waals surface area contributed by atoms with Gasteiger partial charge in [0.2, 0.25) is 0 Å². The number of anilines is 1. The molecule has 6 heteroatoms. The number of rotatable bonds is 4. The molecule has 0 saturated carbocycles. The molecule has 4 aromatic rings. The van der Waals surface area contributed by atoms with Gasteiger partial charge in [0.15, 0.2) is 5.65 Å². The molecule has 31 heavy (non-hydrogen) atoms. The van der Waals surface area contributed by atoms with Gasteiger partial charge in [0.05, 0.1) is 5.69 Å². The summed E-state index contributed by atoms with van der Waals surface area (Å²) in [7, 11) is 0. The molecule has 5 nitrogen and oxygen atoms in total. The van der Waals surface area contributed by atoms with E-state index in [4.69, 9.17) is 21.7 Å². The van der Waals surface area contributed by atoms with Gasteiger partial charge in [-0.3, -0.25) is 4.90 Å². The van der Waals surface area contributed by atoms with E-state index in [1.807, 2.05) is 28.8 Å². The molecule has 0 unspecified atom stereocenters. The highest BCUT2D eigenvalue weighted by Crippen LogP contribution is 2.29. The Bertz CT molecular complexity index is 1190. The van der Waals surface area contributed by atoms with Crippen molar-refractivity contribution in [2.45, 2.75) is 20.4 Å². The standard InChI is InChI=1S/C25H26ClN5/c1-18-16-23(30-14-12-29(13-15-30)17-20-6-4-3-5-7-20)31-25(27-18)19(2)24(28-31)21-8-10-22(26)11-9-21/h3-11,16H,12-15,17H2,1-2H3. The van der Waals surface area contributed by atoms with E-state index in [0.29, 0.717) is 0 Å². The topological polar surface area (TPSA) is 36.7 Å². The number of nitrogens with zero attached hydrogens (tertiary/aromatic N) is 5. The van der Waals surface area contributed by atoms with Gasteiger partial charge in [-0.25, -0.2) is 4.98 Å². The molecule has 2 aromatic carbocycles. The monoisotopic (exact) mass is 431 g/mol. The average Bonchev–Trinajstić information content (AvgIpc) is 3.11. The molecule has 0 bridgehead atoms. The fourth-order valence-electron chi connectivity index (χ4n) is 4.31. The van der Waals surface area contributed by atoms with Crippen LogP contribution in [0.15, 0.2) is 60.7 Å². The Hall–Kier alpha value is -2.89. The number of piperazine rings is 1. The van der Waals surface area contributed by atoms with Crippen molar-refractivity contribution in [3.05, 3.63) is 82.5 Å². The minimum Gasteiger partial charge on any atom is -0.354 e. The largest absolute Gasteiger partial charge is 0.354 e. The summed E-state index contributed by atoms with van der Waals surface area (Å²) in [5.41, 5.74) is 6.41. The maximum Gasteiger partial charge on any atom is 0.161 e. The summed E-state index contributed by atoms with van der Waals surface area (Å²) in [6.45, 7) is 9.16. The lowest BCUT2D eigenvalue weighted by Gasteiger charge is -2.36. The molecule has 1 aliphatic rings. The third-order valence-corrected chi connectivity index (χ3v) is 6.24. The van der Waals surface area contributed by atoms with Gasteiger partial charge in [-0.2, -0.15) is 9.61 Å². The van der Waals surface area contributed by atoms with Crippen molar-refractivity contribution in [1.82, 2.24) is 19.5 Å². The van der Waals surface area contributed by atoms with Crippen molar-refractivity contribution in [2.75, 3.05) is 31.1 Å². The summed E-state index contributed by atoms with van der Waals surface area (Å²) in [6, 6.07) is 20.7. The number of halogens is 1. The summed E-state index contributed by atoms with van der Waals surface area (Å²) < 4.78 is 2.01. The van der Waals surface area contributed by atoms with Crippen LogP contribution in [0.5, 0.6) is 0 Å². The number of hydrogen-bond acceptors (Lipinski definition) is 4. The van der Waals surface area contributed by atoms with E-state index in [9.17, 15) is 0 Å². The lowest BCUT2D eigenvalue weighted by Crippen LogP contribution is -2.46. The number of aryl methyl sites for hydroxylation is 2. The smallest absolute Gasteiger partial charge is 0.161 e. The van der Waals surface area contributed by atoms with Crippen LogP contribution in [0.3, 0.4) is 0 Å². The van der Waals surface area contributed by atoms with Crippen LogP contribution in [0, 0.1) is 13.8 Å². The molecule has 1 saturated heterocycles. The Morgan fingerprint density at radius 2 is 1.61 bits per heavy atom. The average molecular weight is 432 g/mol. The molecule has 0 radical (unpaired) electrons. The highest BCUT2D eigenvalue weighted by atomic mass is 35.5. The maximum absolute atomic E-state index is 6.08. The van der Waals surface area contributed by atoms with Gasteiger partial charge in [0.1, 0.15) is 5.82 Å². The first-order valence-corrected chi connectivity index (χ1v) is 11.1. The van der Waals surface area contributed by atoms with Gasteiger partial charge in [0.25, 0.3) is 0 Å². The van der Waals surface area contributed by atoms with E-state index < -0.39 is 0 Å². The lowest BCUT2D eigenvalue weighted by atomic mass is 10.1. The van der Waals surface area contributed by atoms with E-state index in [-0.39, 0.29) is 0 Å². The molecule has 0 aliphatic carbocycles. The lowest BCUT2D eigenvalue weighted by molar-refractivity contribution is 0.249. The van der Waals surface area contributed by atoms with Crippen LogP contribution >= 0.6 is 11.6 Å². The van der Waals surface area contributed by atoms with E-state index >= 15 is 0 Å². The SMILES string of the molecule is Cc1cc(N2CCN(Cc3ccccc3)CC2)n2nc(-c3ccc(Cl)cc3)c(C)c2n1. The fourth-order valence-corrected chi connectivity index (χ4v) is 4.44. The summed E-state index contributed by atoms with van der Waals surface area (Å²) in [4.78, 5) is 9.75. The van der Waals surface area contributed by atoms with Gasteiger partial charge < -0.3 is 4.90 Å². The molecule has 0 N–H and O–H groups in total. The quantitative estimate of drug-likeness (QED) is 0.456. The Labute approximate surface area is 187 Å². The van der Waals surface area contributed by atoms with Gasteiger partial charge in [0, 0.05) is 60.6 Å². The minimum atomic E-state index is 0.730. The van der Waals surface area contributed by atoms with Crippen LogP contribution in [0.1, 0.15) is 16.8 Å². The van der Waals surface area contributed by atoms with E-state index in [1.54, 1.807) is 0 Å². The third kappa shape index (κ3) is 4.03. The van der Waals surface area contributed by atoms with E-state index in [0.717, 1.165) is 71.7 Å². The van der Waals surface area contributed by atoms with Gasteiger partial charge >= 0.3 is 0 Å². The first kappa shape index (κ1) is 20.0. The maximum atomic E-state index is 6.08. The summed E-state index contributed by atoms with van der Waals surface area (Å²) in [5.74, 6) is 1.12. The van der Waals surface area contributed by atoms with Crippen LogP contribution in [0.2, 0.25) is 5.02 Å². The molecule has 158 valence electrons. The Morgan fingerprint density at radius 1 is 0.903 bits per heavy atom. The zero-order valence-corrected chi connectivity index (χ0v) is 18.7. The second-order valence-electron chi connectivity index (χ2n) is 8.22. The Balaban J connectivity index is 1.42. The second-order valence-corrected chi connectivity index (χ2v) is 8.66. The number of benzene rings is 2. The molecule has 5 rings (SSSR count). The molecular weight excluding hydrogens is 406 g/mol. The fraction of sp³-hybridized carbons (Fsp3) is 0.280. The number of aromatic nitrogens is 3. The van der Waals surface area contributed by atoms with E-state index in [2.05, 4.69) is 60.0 Å². The zero-order valence-electron chi connectivity index (χ0n) is 17.9. The molecule has 0 amide bonds. The number of fused-ring (bicyclic) bond motifs is 1. The molecule has 0 spiro atoms. The van der Waals surface area contributed by atoms with Crippen molar-refractivity contribution in [3.63, 3.8) is 0 Å². The van der Waals surface area contributed by atoms with Crippen LogP contribution in [0.25, 0.3) is 16.9 Å². The van der Waals surface area contributed by atoms with Gasteiger partial charge in [-0.15, -0.1) is 0 Å². The molecular formula is C25H26ClN5. The van der Waals surface area contributed by atoms with Crippen LogP contribution in [0.4, 0.5) is 5.82 Å². The minimum absolute atomic E-state index is 0.730. The predicted octanol–water partition coefficient (Wildman–Crippen LogP) is 4.99. The normalized spacial score (nSPS) is 15.0. The van der Waals surface area contributed by atoms with Crippen molar-refractivity contribution in [2.24, 2.45) is 0 Å². The van der Waals surface area contributed by atoms with Crippen LogP contribution in [-0.4, -0.2) is 45.7 Å². The zero-order chi connectivity index (χ0) is 21.4. The summed E-state index contributed by atoms with van der Waals surface area (Å²) in [5, 5.41) is 5.70. The van der Waals surface area contributed by atoms with E-state index in [1.165, 1.54) is 5.56 Å². The van der Waals surface area contributed by atoms with Crippen molar-refractivity contribution in [1.29, 1.82) is 0 Å². The highest BCUT2D eigenvalue weighted by Gasteiger charge is 2.22. The highest BCUT2D eigenvalue weighted by molar-refractivity contribution is 6.30. The third-order valence-electron chi connectivity index (χ3n) is 5.99. The van der Waals surface area contributed by atoms with Crippen molar-refractivity contribution >= 4 is 23.1 Å². The molecule has 1 fully saturated rings. The Morgan fingerprint density at radius 3 is 2.32 bits per heavy atom. The van der Waals surface area contributed by atoms with Crippen LogP contribution in [-0.2, 0) is 6.54 Å². The molecule has 0 atom stereocenters. The Kier molecular flexibility index (Phi) is 5.38. The molecule has 1 aliphatic heterocycles. The number of hydrogen-bond donors (Lipinski definition) is 0. The first-order chi connectivity index (χ1) is 15.1. The second kappa shape index (κ2) is 8.33. The van der Waals surface area contributed by atoms with Gasteiger partial charge in [-0.1, -0.05) is 54.1 Å². The summed E-state index contributed by atoms with van der Waals surface area (Å²) in [6.07, 6.45) is 0. The van der Waals surface area contributed by atoms with Crippen molar-refractivity contribution < 1.29 is 0 Å².